The van der Waals surface area contributed by atoms with Crippen molar-refractivity contribution in [1.82, 2.24) is 9.80 Å². The van der Waals surface area contributed by atoms with E-state index in [1.807, 2.05) is 34.1 Å². The number of methoxy groups -OCH3 is 6. The van der Waals surface area contributed by atoms with Gasteiger partial charge in [0.1, 0.15) is 0 Å². The van der Waals surface area contributed by atoms with Crippen LogP contribution in [0.15, 0.2) is 47.6 Å². The van der Waals surface area contributed by atoms with Crippen molar-refractivity contribution in [3.8, 4) is 34.5 Å². The molecule has 2 aliphatic carbocycles. The van der Waals surface area contributed by atoms with Gasteiger partial charge in [-0.15, -0.1) is 0 Å². The van der Waals surface area contributed by atoms with Crippen molar-refractivity contribution in [2.75, 3.05) is 68.8 Å². The van der Waals surface area contributed by atoms with Crippen LogP contribution >= 0.6 is 0 Å². The Balaban J connectivity index is 1.25. The molecule has 0 saturated carbocycles. The fourth-order valence-electron chi connectivity index (χ4n) is 7.26. The number of carbonyl (C=O) groups is 2. The quantitative estimate of drug-likeness (QED) is 0.286. The highest BCUT2D eigenvalue weighted by Gasteiger charge is 2.39. The number of ether oxygens (including phenoxy) is 6. The predicted octanol–water partition coefficient (Wildman–Crippen LogP) is 5.96. The first kappa shape index (κ1) is 35.4. The molecule has 0 N–H and O–H groups in total. The van der Waals surface area contributed by atoms with Gasteiger partial charge < -0.3 is 38.2 Å². The maximum atomic E-state index is 13.4. The van der Waals surface area contributed by atoms with Crippen LogP contribution in [0.5, 0.6) is 34.5 Å². The van der Waals surface area contributed by atoms with Crippen LogP contribution in [0.25, 0.3) is 12.2 Å². The van der Waals surface area contributed by atoms with Gasteiger partial charge >= 0.3 is 0 Å². The monoisotopic (exact) mass is 672 g/mol. The van der Waals surface area contributed by atoms with Crippen LogP contribution in [-0.4, -0.2) is 90.5 Å². The van der Waals surface area contributed by atoms with E-state index in [1.54, 1.807) is 54.8 Å². The summed E-state index contributed by atoms with van der Waals surface area (Å²) >= 11 is 0. The molecule has 10 heteroatoms. The van der Waals surface area contributed by atoms with Gasteiger partial charge in [0.25, 0.3) is 0 Å². The average Bonchev–Trinajstić information content (AvgIpc) is 3.34. The molecule has 3 aliphatic rings. The molecule has 2 aromatic rings. The van der Waals surface area contributed by atoms with Crippen molar-refractivity contribution in [2.45, 2.75) is 44.9 Å². The van der Waals surface area contributed by atoms with Crippen molar-refractivity contribution >= 4 is 24.0 Å². The number of hydrogen-bond donors (Lipinski definition) is 0. The summed E-state index contributed by atoms with van der Waals surface area (Å²) in [4.78, 5) is 30.4. The zero-order valence-corrected chi connectivity index (χ0v) is 30.3. The molecule has 0 atom stereocenters. The standard InChI is InChI=1S/C39H48N2O8/c1-38(2)26(20-24-22-28(44-5)34(46-7)36(48-9)32(24)38)12-14-30(42)40-16-11-17-41(19-18-40)31(43)15-13-27-21-25-23-29(45-6)35(47-8)37(49-10)33(25)39(27,3)4/h12-15,20-23H,11,16-19H2,1-10H3. The maximum Gasteiger partial charge on any atom is 0.246 e. The number of fused-ring (bicyclic) bond motifs is 2. The van der Waals surface area contributed by atoms with E-state index in [2.05, 4.69) is 39.8 Å². The highest BCUT2D eigenvalue weighted by Crippen LogP contribution is 2.54. The topological polar surface area (TPSA) is 96.0 Å². The predicted molar refractivity (Wildman–Crippen MR) is 190 cm³/mol. The summed E-state index contributed by atoms with van der Waals surface area (Å²) in [5.74, 6) is 3.32. The van der Waals surface area contributed by atoms with E-state index in [0.29, 0.717) is 67.1 Å². The number of hydrogen-bond acceptors (Lipinski definition) is 8. The number of allylic oxidation sites excluding steroid dienone is 4. The molecule has 5 rings (SSSR count). The van der Waals surface area contributed by atoms with Gasteiger partial charge in [-0.05, 0) is 40.8 Å². The second-order valence-corrected chi connectivity index (χ2v) is 13.3. The SMILES string of the molecule is COc1cc2c(c(OC)c1OC)C(C)(C)C(C=CC(=O)N1CCCN(C(=O)C=CC3=Cc4cc(OC)c(OC)c(OC)c4C3(C)C)CC1)=C2. The molecule has 2 amide bonds. The number of carbonyl (C=O) groups excluding carboxylic acids is 2. The lowest BCUT2D eigenvalue weighted by Crippen LogP contribution is -2.36. The minimum absolute atomic E-state index is 0.0879. The van der Waals surface area contributed by atoms with Crippen molar-refractivity contribution < 1.29 is 38.0 Å². The van der Waals surface area contributed by atoms with Crippen LogP contribution < -0.4 is 28.4 Å². The van der Waals surface area contributed by atoms with Crippen molar-refractivity contribution in [3.63, 3.8) is 0 Å². The second kappa shape index (κ2) is 13.9. The Labute approximate surface area is 289 Å². The summed E-state index contributed by atoms with van der Waals surface area (Å²) in [6.07, 6.45) is 11.8. The highest BCUT2D eigenvalue weighted by atomic mass is 16.5. The Bertz CT molecular complexity index is 1640. The van der Waals surface area contributed by atoms with Gasteiger partial charge in [0, 0.05) is 60.3 Å². The van der Waals surface area contributed by atoms with Crippen LogP contribution in [0.3, 0.4) is 0 Å². The first-order valence-corrected chi connectivity index (χ1v) is 16.4. The lowest BCUT2D eigenvalue weighted by atomic mass is 9.80. The maximum absolute atomic E-state index is 13.4. The molecule has 1 heterocycles. The lowest BCUT2D eigenvalue weighted by molar-refractivity contribution is -0.128. The Kier molecular flexibility index (Phi) is 10.1. The fourth-order valence-corrected chi connectivity index (χ4v) is 7.26. The second-order valence-electron chi connectivity index (χ2n) is 13.3. The Morgan fingerprint density at radius 1 is 0.571 bits per heavy atom. The zero-order chi connectivity index (χ0) is 35.7. The Hall–Kier alpha value is -4.86. The third kappa shape index (κ3) is 6.24. The van der Waals surface area contributed by atoms with Gasteiger partial charge in [-0.25, -0.2) is 0 Å². The van der Waals surface area contributed by atoms with Crippen molar-refractivity contribution in [1.29, 1.82) is 0 Å². The van der Waals surface area contributed by atoms with E-state index in [4.69, 9.17) is 28.4 Å². The van der Waals surface area contributed by atoms with E-state index in [0.717, 1.165) is 33.4 Å². The first-order chi connectivity index (χ1) is 23.4. The number of benzene rings is 2. The molecule has 0 spiro atoms. The third-order valence-electron chi connectivity index (χ3n) is 9.97. The van der Waals surface area contributed by atoms with Crippen molar-refractivity contribution in [3.05, 3.63) is 69.8 Å². The molecule has 49 heavy (non-hydrogen) atoms. The molecular weight excluding hydrogens is 624 g/mol. The van der Waals surface area contributed by atoms with Gasteiger partial charge in [0.05, 0.1) is 42.7 Å². The summed E-state index contributed by atoms with van der Waals surface area (Å²) in [6.45, 7) is 10.4. The molecule has 0 bridgehead atoms. The highest BCUT2D eigenvalue weighted by molar-refractivity contribution is 5.91. The van der Waals surface area contributed by atoms with Crippen LogP contribution in [0.1, 0.15) is 56.4 Å². The number of nitrogens with zero attached hydrogens (tertiary/aromatic N) is 2. The molecule has 0 radical (unpaired) electrons. The van der Waals surface area contributed by atoms with Gasteiger partial charge in [-0.1, -0.05) is 52.0 Å². The normalized spacial score (nSPS) is 17.7. The van der Waals surface area contributed by atoms with E-state index in [9.17, 15) is 9.59 Å². The smallest absolute Gasteiger partial charge is 0.246 e. The van der Waals surface area contributed by atoms with Gasteiger partial charge in [-0.2, -0.15) is 0 Å². The third-order valence-corrected chi connectivity index (χ3v) is 9.97. The molecule has 1 fully saturated rings. The fraction of sp³-hybridized carbons (Fsp3) is 0.436. The summed E-state index contributed by atoms with van der Waals surface area (Å²) in [7, 11) is 9.61. The summed E-state index contributed by atoms with van der Waals surface area (Å²) in [5.41, 5.74) is 4.97. The van der Waals surface area contributed by atoms with E-state index in [1.165, 1.54) is 0 Å². The minimum atomic E-state index is -0.431. The molecule has 1 saturated heterocycles. The van der Waals surface area contributed by atoms with Crippen LogP contribution in [0.2, 0.25) is 0 Å². The number of rotatable bonds is 10. The lowest BCUT2D eigenvalue weighted by Gasteiger charge is -2.27. The molecule has 2 aromatic carbocycles. The summed E-state index contributed by atoms with van der Waals surface area (Å²) in [5, 5.41) is 0. The van der Waals surface area contributed by atoms with Crippen LogP contribution in [-0.2, 0) is 20.4 Å². The molecule has 1 aliphatic heterocycles. The zero-order valence-electron chi connectivity index (χ0n) is 30.3. The molecular formula is C39H48N2O8. The average molecular weight is 673 g/mol. The molecule has 10 nitrogen and oxygen atoms in total. The Morgan fingerprint density at radius 3 is 1.27 bits per heavy atom. The minimum Gasteiger partial charge on any atom is -0.493 e. The summed E-state index contributed by atoms with van der Waals surface area (Å²) < 4.78 is 33.9. The first-order valence-electron chi connectivity index (χ1n) is 16.4. The van der Waals surface area contributed by atoms with Crippen molar-refractivity contribution in [2.24, 2.45) is 0 Å². The van der Waals surface area contributed by atoms with Crippen LogP contribution in [0.4, 0.5) is 0 Å². The van der Waals surface area contributed by atoms with E-state index in [-0.39, 0.29) is 11.8 Å². The molecule has 0 aromatic heterocycles. The van der Waals surface area contributed by atoms with E-state index >= 15 is 0 Å². The van der Waals surface area contributed by atoms with E-state index < -0.39 is 10.8 Å². The van der Waals surface area contributed by atoms with Gasteiger partial charge in [-0.3, -0.25) is 9.59 Å². The Morgan fingerprint density at radius 2 is 0.939 bits per heavy atom. The molecule has 0 unspecified atom stereocenters. The van der Waals surface area contributed by atoms with Crippen LogP contribution in [0, 0.1) is 0 Å². The number of amides is 2. The largest absolute Gasteiger partial charge is 0.493 e. The van der Waals surface area contributed by atoms with Gasteiger partial charge in [0.2, 0.25) is 23.3 Å². The summed E-state index contributed by atoms with van der Waals surface area (Å²) in [6, 6.07) is 3.87. The molecule has 262 valence electrons. The van der Waals surface area contributed by atoms with Gasteiger partial charge in [0.15, 0.2) is 23.0 Å².